The van der Waals surface area contributed by atoms with Crippen LogP contribution >= 0.6 is 0 Å². The zero-order valence-corrected chi connectivity index (χ0v) is 10.9. The third-order valence-corrected chi connectivity index (χ3v) is 5.32. The van der Waals surface area contributed by atoms with Crippen molar-refractivity contribution in [1.82, 2.24) is 0 Å². The van der Waals surface area contributed by atoms with Crippen LogP contribution in [0.3, 0.4) is 0 Å². The average Bonchev–Trinajstić information content (AvgIpc) is 2.29. The molecule has 0 spiro atoms. The Morgan fingerprint density at radius 1 is 1.11 bits per heavy atom. The first-order chi connectivity index (χ1) is 8.41. The molecule has 0 amide bonds. The highest BCUT2D eigenvalue weighted by Crippen LogP contribution is 2.30. The summed E-state index contributed by atoms with van der Waals surface area (Å²) in [6.45, 7) is 0. The summed E-state index contributed by atoms with van der Waals surface area (Å²) in [5.74, 6) is -0.739. The Hall–Kier alpha value is -0.940. The SMILES string of the molecule is O=S(=O)(CC1(O)CCCCC1)c1ccc(F)cc1. The molecule has 0 bridgehead atoms. The number of hydrogen-bond acceptors (Lipinski definition) is 3. The molecular weight excluding hydrogens is 255 g/mol. The molecule has 0 unspecified atom stereocenters. The lowest BCUT2D eigenvalue weighted by molar-refractivity contribution is 0.0257. The zero-order valence-electron chi connectivity index (χ0n) is 10.1. The van der Waals surface area contributed by atoms with Crippen molar-refractivity contribution in [2.24, 2.45) is 0 Å². The molecule has 2 rings (SSSR count). The van der Waals surface area contributed by atoms with E-state index in [1.165, 1.54) is 12.1 Å². The van der Waals surface area contributed by atoms with Crippen molar-refractivity contribution >= 4 is 9.84 Å². The lowest BCUT2D eigenvalue weighted by atomic mass is 9.86. The molecule has 1 saturated carbocycles. The van der Waals surface area contributed by atoms with Gasteiger partial charge in [-0.2, -0.15) is 0 Å². The Labute approximate surface area is 107 Å². The summed E-state index contributed by atoms with van der Waals surface area (Å²) in [6.07, 6.45) is 3.80. The fourth-order valence-corrected chi connectivity index (χ4v) is 4.15. The molecule has 100 valence electrons. The molecule has 0 heterocycles. The summed E-state index contributed by atoms with van der Waals surface area (Å²) in [7, 11) is -3.55. The van der Waals surface area contributed by atoms with Crippen molar-refractivity contribution in [2.75, 3.05) is 5.75 Å². The summed E-state index contributed by atoms with van der Waals surface area (Å²) in [4.78, 5) is 0.0721. The van der Waals surface area contributed by atoms with Gasteiger partial charge in [0.25, 0.3) is 0 Å². The van der Waals surface area contributed by atoms with Gasteiger partial charge in [0.15, 0.2) is 9.84 Å². The van der Waals surface area contributed by atoms with Gasteiger partial charge in [0, 0.05) is 0 Å². The molecule has 0 aromatic heterocycles. The van der Waals surface area contributed by atoms with E-state index in [0.29, 0.717) is 12.8 Å². The highest BCUT2D eigenvalue weighted by molar-refractivity contribution is 7.91. The number of sulfone groups is 1. The van der Waals surface area contributed by atoms with Crippen LogP contribution < -0.4 is 0 Å². The molecule has 1 aromatic carbocycles. The van der Waals surface area contributed by atoms with Gasteiger partial charge in [-0.1, -0.05) is 19.3 Å². The molecular formula is C13H17FO3S. The highest BCUT2D eigenvalue weighted by Gasteiger charge is 2.35. The lowest BCUT2D eigenvalue weighted by Gasteiger charge is -2.31. The lowest BCUT2D eigenvalue weighted by Crippen LogP contribution is -2.39. The minimum atomic E-state index is -3.55. The molecule has 5 heteroatoms. The second kappa shape index (κ2) is 4.97. The maximum absolute atomic E-state index is 12.8. The van der Waals surface area contributed by atoms with Crippen LogP contribution in [0.2, 0.25) is 0 Å². The van der Waals surface area contributed by atoms with E-state index in [0.717, 1.165) is 31.4 Å². The van der Waals surface area contributed by atoms with Gasteiger partial charge in [0.1, 0.15) is 5.82 Å². The molecule has 0 aliphatic heterocycles. The molecule has 1 aromatic rings. The molecule has 0 saturated heterocycles. The van der Waals surface area contributed by atoms with E-state index >= 15 is 0 Å². The fraction of sp³-hybridized carbons (Fsp3) is 0.538. The van der Waals surface area contributed by atoms with Crippen LogP contribution in [0.1, 0.15) is 32.1 Å². The van der Waals surface area contributed by atoms with Gasteiger partial charge in [0.05, 0.1) is 16.2 Å². The number of rotatable bonds is 3. The van der Waals surface area contributed by atoms with E-state index in [4.69, 9.17) is 0 Å². The summed E-state index contributed by atoms with van der Waals surface area (Å²) < 4.78 is 37.0. The number of hydrogen-bond donors (Lipinski definition) is 1. The smallest absolute Gasteiger partial charge is 0.181 e. The topological polar surface area (TPSA) is 54.4 Å². The van der Waals surface area contributed by atoms with Gasteiger partial charge in [-0.15, -0.1) is 0 Å². The number of halogens is 1. The minimum Gasteiger partial charge on any atom is -0.389 e. The summed E-state index contributed by atoms with van der Waals surface area (Å²) >= 11 is 0. The minimum absolute atomic E-state index is 0.0721. The molecule has 1 aliphatic carbocycles. The van der Waals surface area contributed by atoms with Crippen molar-refractivity contribution in [3.63, 3.8) is 0 Å². The van der Waals surface area contributed by atoms with Crippen molar-refractivity contribution in [1.29, 1.82) is 0 Å². The van der Waals surface area contributed by atoms with E-state index in [1.807, 2.05) is 0 Å². The van der Waals surface area contributed by atoms with Crippen molar-refractivity contribution in [3.8, 4) is 0 Å². The van der Waals surface area contributed by atoms with Gasteiger partial charge in [-0.25, -0.2) is 12.8 Å². The van der Waals surface area contributed by atoms with Gasteiger partial charge in [0.2, 0.25) is 0 Å². The van der Waals surface area contributed by atoms with Crippen LogP contribution in [0.4, 0.5) is 4.39 Å². The molecule has 0 atom stereocenters. The summed E-state index contributed by atoms with van der Waals surface area (Å²) in [5, 5.41) is 10.3. The average molecular weight is 272 g/mol. The van der Waals surface area contributed by atoms with Crippen LogP contribution in [0, 0.1) is 5.82 Å². The Balaban J connectivity index is 2.18. The largest absolute Gasteiger partial charge is 0.389 e. The monoisotopic (exact) mass is 272 g/mol. The summed E-state index contributed by atoms with van der Waals surface area (Å²) in [5.41, 5.74) is -1.12. The Morgan fingerprint density at radius 3 is 2.22 bits per heavy atom. The second-order valence-corrected chi connectivity index (χ2v) is 6.99. The van der Waals surface area contributed by atoms with E-state index in [2.05, 4.69) is 0 Å². The van der Waals surface area contributed by atoms with Crippen LogP contribution in [0.15, 0.2) is 29.2 Å². The maximum Gasteiger partial charge on any atom is 0.181 e. The predicted molar refractivity (Wildman–Crippen MR) is 66.5 cm³/mol. The maximum atomic E-state index is 12.8. The molecule has 18 heavy (non-hydrogen) atoms. The van der Waals surface area contributed by atoms with Gasteiger partial charge in [-0.05, 0) is 37.1 Å². The normalized spacial score (nSPS) is 19.7. The molecule has 0 radical (unpaired) electrons. The second-order valence-electron chi connectivity index (χ2n) is 5.00. The third-order valence-electron chi connectivity index (χ3n) is 3.42. The van der Waals surface area contributed by atoms with Crippen LogP contribution in [0.25, 0.3) is 0 Å². The number of benzene rings is 1. The first-order valence-electron chi connectivity index (χ1n) is 6.12. The van der Waals surface area contributed by atoms with Crippen molar-refractivity contribution in [3.05, 3.63) is 30.1 Å². The van der Waals surface area contributed by atoms with Crippen molar-refractivity contribution < 1.29 is 17.9 Å². The van der Waals surface area contributed by atoms with E-state index in [-0.39, 0.29) is 10.6 Å². The predicted octanol–water partition coefficient (Wildman–Crippen LogP) is 2.29. The van der Waals surface area contributed by atoms with Crippen LogP contribution in [-0.4, -0.2) is 24.9 Å². The quantitative estimate of drug-likeness (QED) is 0.859. The van der Waals surface area contributed by atoms with Crippen LogP contribution in [-0.2, 0) is 9.84 Å². The number of aliphatic hydroxyl groups is 1. The third kappa shape index (κ3) is 3.09. The standard InChI is InChI=1S/C13H17FO3S/c14-11-4-6-12(7-5-11)18(16,17)10-13(15)8-2-1-3-9-13/h4-7,15H,1-3,8-10H2. The first-order valence-corrected chi connectivity index (χ1v) is 7.77. The Morgan fingerprint density at radius 2 is 1.67 bits per heavy atom. The Bertz CT molecular complexity index is 502. The summed E-state index contributed by atoms with van der Waals surface area (Å²) in [6, 6.07) is 4.74. The molecule has 1 fully saturated rings. The Kier molecular flexibility index (Phi) is 3.73. The van der Waals surface area contributed by atoms with Gasteiger partial charge in [-0.3, -0.25) is 0 Å². The van der Waals surface area contributed by atoms with Crippen molar-refractivity contribution in [2.45, 2.75) is 42.6 Å². The first kappa shape index (κ1) is 13.5. The van der Waals surface area contributed by atoms with E-state index in [9.17, 15) is 17.9 Å². The highest BCUT2D eigenvalue weighted by atomic mass is 32.2. The van der Waals surface area contributed by atoms with E-state index in [1.54, 1.807) is 0 Å². The zero-order chi connectivity index (χ0) is 13.2. The molecule has 3 nitrogen and oxygen atoms in total. The molecule has 1 N–H and O–H groups in total. The fourth-order valence-electron chi connectivity index (χ4n) is 2.43. The molecule has 1 aliphatic rings. The van der Waals surface area contributed by atoms with E-state index < -0.39 is 21.3 Å². The van der Waals surface area contributed by atoms with Gasteiger partial charge < -0.3 is 5.11 Å². The van der Waals surface area contributed by atoms with Gasteiger partial charge >= 0.3 is 0 Å². The van der Waals surface area contributed by atoms with Crippen LogP contribution in [0.5, 0.6) is 0 Å².